The molecule has 2 aromatic rings. The largest absolute Gasteiger partial charge is 0.493 e. The molecule has 0 amide bonds. The van der Waals surface area contributed by atoms with E-state index in [1.165, 1.54) is 0 Å². The summed E-state index contributed by atoms with van der Waals surface area (Å²) in [6.07, 6.45) is 1.30. The number of aryl methyl sites for hydroxylation is 2. The van der Waals surface area contributed by atoms with Crippen LogP contribution in [0.4, 0.5) is 0 Å². The zero-order valence-corrected chi connectivity index (χ0v) is 11.6. The Kier molecular flexibility index (Phi) is 4.53. The first kappa shape index (κ1) is 14.3. The number of nitrogens with zero attached hydrogens (tertiary/aromatic N) is 1. The summed E-state index contributed by atoms with van der Waals surface area (Å²) in [5.41, 5.74) is 1.52. The minimum absolute atomic E-state index is 0.221. The van der Waals surface area contributed by atoms with Crippen molar-refractivity contribution in [3.8, 4) is 17.0 Å². The Morgan fingerprint density at radius 1 is 1.35 bits per heavy atom. The molecule has 0 atom stereocenters. The molecule has 0 bridgehead atoms. The monoisotopic (exact) mass is 274 g/mol. The Bertz CT molecular complexity index is 650. The molecule has 1 aromatic heterocycles. The van der Waals surface area contributed by atoms with Gasteiger partial charge in [0.15, 0.2) is 0 Å². The molecular weight excluding hydrogens is 256 g/mol. The third-order valence-electron chi connectivity index (χ3n) is 3.13. The van der Waals surface area contributed by atoms with E-state index in [0.717, 1.165) is 12.0 Å². The number of hydrogen-bond donors (Lipinski definition) is 2. The minimum atomic E-state index is -0.320. The van der Waals surface area contributed by atoms with Gasteiger partial charge in [0.05, 0.1) is 0 Å². The SMILES string of the molecule is COCCCc1nc(O)c(-c2ccccc2C)c(=O)[nH]1. The van der Waals surface area contributed by atoms with Crippen LogP contribution in [0.2, 0.25) is 0 Å². The number of H-pyrrole nitrogens is 1. The van der Waals surface area contributed by atoms with Crippen LogP contribution < -0.4 is 5.56 Å². The van der Waals surface area contributed by atoms with Crippen molar-refractivity contribution in [2.75, 3.05) is 13.7 Å². The van der Waals surface area contributed by atoms with Gasteiger partial charge in [0, 0.05) is 20.1 Å². The molecule has 1 heterocycles. The Labute approximate surface area is 117 Å². The van der Waals surface area contributed by atoms with Crippen molar-refractivity contribution in [3.63, 3.8) is 0 Å². The first-order valence-corrected chi connectivity index (χ1v) is 6.50. The summed E-state index contributed by atoms with van der Waals surface area (Å²) in [4.78, 5) is 18.9. The molecule has 0 spiro atoms. The van der Waals surface area contributed by atoms with Gasteiger partial charge in [-0.1, -0.05) is 24.3 Å². The first-order valence-electron chi connectivity index (χ1n) is 6.50. The van der Waals surface area contributed by atoms with Crippen LogP contribution in [0.15, 0.2) is 29.1 Å². The number of aromatic hydroxyl groups is 1. The molecule has 0 aliphatic carbocycles. The quantitative estimate of drug-likeness (QED) is 0.818. The zero-order valence-electron chi connectivity index (χ0n) is 11.6. The van der Waals surface area contributed by atoms with Crippen LogP contribution >= 0.6 is 0 Å². The lowest BCUT2D eigenvalue weighted by Crippen LogP contribution is -2.15. The number of methoxy groups -OCH3 is 1. The second kappa shape index (κ2) is 6.34. The fourth-order valence-corrected chi connectivity index (χ4v) is 2.11. The third kappa shape index (κ3) is 3.05. The minimum Gasteiger partial charge on any atom is -0.493 e. The van der Waals surface area contributed by atoms with Crippen LogP contribution in [0, 0.1) is 6.92 Å². The van der Waals surface area contributed by atoms with Crippen molar-refractivity contribution >= 4 is 0 Å². The van der Waals surface area contributed by atoms with Crippen LogP contribution in [0.1, 0.15) is 17.8 Å². The maximum Gasteiger partial charge on any atom is 0.262 e. The average molecular weight is 274 g/mol. The van der Waals surface area contributed by atoms with Gasteiger partial charge in [0.25, 0.3) is 5.56 Å². The Balaban J connectivity index is 2.37. The van der Waals surface area contributed by atoms with Gasteiger partial charge in [-0.3, -0.25) is 4.79 Å². The van der Waals surface area contributed by atoms with Gasteiger partial charge in [0.2, 0.25) is 5.88 Å². The third-order valence-corrected chi connectivity index (χ3v) is 3.13. The van der Waals surface area contributed by atoms with Gasteiger partial charge in [0.1, 0.15) is 11.4 Å². The molecule has 0 fully saturated rings. The van der Waals surface area contributed by atoms with Crippen molar-refractivity contribution in [3.05, 3.63) is 46.0 Å². The van der Waals surface area contributed by atoms with Gasteiger partial charge in [-0.15, -0.1) is 0 Å². The lowest BCUT2D eigenvalue weighted by Gasteiger charge is -2.08. The predicted molar refractivity (Wildman–Crippen MR) is 76.9 cm³/mol. The summed E-state index contributed by atoms with van der Waals surface area (Å²) in [6, 6.07) is 7.40. The standard InChI is InChI=1S/C15H18N2O3/c1-10-6-3-4-7-11(10)13-14(18)16-12(17-15(13)19)8-5-9-20-2/h3-4,6-7H,5,8-9H2,1-2H3,(H2,16,17,18,19). The number of hydrogen-bond acceptors (Lipinski definition) is 4. The lowest BCUT2D eigenvalue weighted by molar-refractivity contribution is 0.194. The molecule has 5 nitrogen and oxygen atoms in total. The molecule has 2 N–H and O–H groups in total. The second-order valence-corrected chi connectivity index (χ2v) is 4.62. The highest BCUT2D eigenvalue weighted by Gasteiger charge is 2.14. The van der Waals surface area contributed by atoms with Crippen molar-refractivity contribution in [1.82, 2.24) is 9.97 Å². The van der Waals surface area contributed by atoms with E-state index in [0.29, 0.717) is 24.4 Å². The Hall–Kier alpha value is -2.14. The Morgan fingerprint density at radius 3 is 2.75 bits per heavy atom. The number of rotatable bonds is 5. The van der Waals surface area contributed by atoms with Crippen molar-refractivity contribution in [1.29, 1.82) is 0 Å². The summed E-state index contributed by atoms with van der Waals surface area (Å²) in [6.45, 7) is 2.48. The van der Waals surface area contributed by atoms with E-state index in [1.807, 2.05) is 25.1 Å². The summed E-state index contributed by atoms with van der Waals surface area (Å²) < 4.78 is 4.95. The van der Waals surface area contributed by atoms with Crippen LogP contribution in [0.3, 0.4) is 0 Å². The molecule has 0 saturated carbocycles. The number of benzene rings is 1. The van der Waals surface area contributed by atoms with Crippen LogP contribution in [-0.2, 0) is 11.2 Å². The van der Waals surface area contributed by atoms with E-state index in [-0.39, 0.29) is 17.0 Å². The summed E-state index contributed by atoms with van der Waals surface area (Å²) in [5.74, 6) is 0.248. The van der Waals surface area contributed by atoms with E-state index in [4.69, 9.17) is 4.74 Å². The molecule has 5 heteroatoms. The van der Waals surface area contributed by atoms with Crippen molar-refractivity contribution in [2.45, 2.75) is 19.8 Å². The lowest BCUT2D eigenvalue weighted by atomic mass is 10.0. The fourth-order valence-electron chi connectivity index (χ4n) is 2.11. The highest BCUT2D eigenvalue weighted by Crippen LogP contribution is 2.26. The van der Waals surface area contributed by atoms with E-state index >= 15 is 0 Å². The molecule has 0 saturated heterocycles. The van der Waals surface area contributed by atoms with Crippen LogP contribution in [0.25, 0.3) is 11.1 Å². The average Bonchev–Trinajstić information content (AvgIpc) is 2.40. The van der Waals surface area contributed by atoms with Crippen LogP contribution in [-0.4, -0.2) is 28.8 Å². The normalized spacial score (nSPS) is 10.7. The second-order valence-electron chi connectivity index (χ2n) is 4.62. The zero-order chi connectivity index (χ0) is 14.5. The van der Waals surface area contributed by atoms with Gasteiger partial charge >= 0.3 is 0 Å². The van der Waals surface area contributed by atoms with Gasteiger partial charge in [-0.25, -0.2) is 0 Å². The summed E-state index contributed by atoms with van der Waals surface area (Å²) >= 11 is 0. The Morgan fingerprint density at radius 2 is 2.10 bits per heavy atom. The molecule has 0 aliphatic heterocycles. The number of nitrogens with one attached hydrogen (secondary N) is 1. The molecule has 0 unspecified atom stereocenters. The predicted octanol–water partition coefficient (Wildman–Crippen LogP) is 2.03. The maximum absolute atomic E-state index is 12.2. The molecule has 0 radical (unpaired) electrons. The summed E-state index contributed by atoms with van der Waals surface area (Å²) in [7, 11) is 1.62. The number of aromatic nitrogens is 2. The van der Waals surface area contributed by atoms with Gasteiger partial charge in [-0.05, 0) is 24.5 Å². The van der Waals surface area contributed by atoms with Gasteiger partial charge < -0.3 is 14.8 Å². The number of ether oxygens (including phenoxy) is 1. The molecule has 106 valence electrons. The van der Waals surface area contributed by atoms with Gasteiger partial charge in [-0.2, -0.15) is 4.98 Å². The van der Waals surface area contributed by atoms with E-state index < -0.39 is 0 Å². The highest BCUT2D eigenvalue weighted by molar-refractivity contribution is 5.70. The molecule has 20 heavy (non-hydrogen) atoms. The topological polar surface area (TPSA) is 75.2 Å². The van der Waals surface area contributed by atoms with E-state index in [2.05, 4.69) is 9.97 Å². The van der Waals surface area contributed by atoms with Crippen LogP contribution in [0.5, 0.6) is 5.88 Å². The summed E-state index contributed by atoms with van der Waals surface area (Å²) in [5, 5.41) is 10.0. The highest BCUT2D eigenvalue weighted by atomic mass is 16.5. The smallest absolute Gasteiger partial charge is 0.262 e. The maximum atomic E-state index is 12.2. The van der Waals surface area contributed by atoms with E-state index in [1.54, 1.807) is 13.2 Å². The fraction of sp³-hybridized carbons (Fsp3) is 0.333. The van der Waals surface area contributed by atoms with E-state index in [9.17, 15) is 9.90 Å². The molecular formula is C15H18N2O3. The molecule has 1 aromatic carbocycles. The molecule has 0 aliphatic rings. The first-order chi connectivity index (χ1) is 9.63. The van der Waals surface area contributed by atoms with Crippen molar-refractivity contribution < 1.29 is 9.84 Å². The number of aromatic amines is 1. The molecule has 2 rings (SSSR count). The van der Waals surface area contributed by atoms with Crippen molar-refractivity contribution in [2.24, 2.45) is 0 Å².